The van der Waals surface area contributed by atoms with Gasteiger partial charge in [-0.25, -0.2) is 0 Å². The molecule has 0 radical (unpaired) electrons. The number of nitrogen functional groups attached to an aromatic ring is 1. The van der Waals surface area contributed by atoms with Crippen molar-refractivity contribution in [1.82, 2.24) is 4.98 Å². The summed E-state index contributed by atoms with van der Waals surface area (Å²) in [6.45, 7) is 4.34. The maximum atomic E-state index is 6.09. The Balaban J connectivity index is 1.96. The Labute approximate surface area is 127 Å². The van der Waals surface area contributed by atoms with Gasteiger partial charge < -0.3 is 11.1 Å². The Bertz CT molecular complexity index is 636. The van der Waals surface area contributed by atoms with Crippen LogP contribution in [0.5, 0.6) is 0 Å². The van der Waals surface area contributed by atoms with Crippen molar-refractivity contribution in [2.45, 2.75) is 52.0 Å². The van der Waals surface area contributed by atoms with Gasteiger partial charge in [-0.2, -0.15) is 0 Å². The van der Waals surface area contributed by atoms with Gasteiger partial charge in [0.15, 0.2) is 0 Å². The molecule has 3 rings (SSSR count). The van der Waals surface area contributed by atoms with Crippen LogP contribution < -0.4 is 11.1 Å². The van der Waals surface area contributed by atoms with Gasteiger partial charge in [0.25, 0.3) is 0 Å². The van der Waals surface area contributed by atoms with Crippen LogP contribution in [0.15, 0.2) is 24.4 Å². The normalized spacial score (nSPS) is 22.4. The summed E-state index contributed by atoms with van der Waals surface area (Å²) in [5.74, 6) is 0.786. The highest BCUT2D eigenvalue weighted by molar-refractivity contribution is 6.00. The topological polar surface area (TPSA) is 50.9 Å². The fraction of sp³-hybridized carbons (Fsp3) is 0.500. The van der Waals surface area contributed by atoms with Crippen LogP contribution in [0.3, 0.4) is 0 Å². The number of aryl methyl sites for hydroxylation is 1. The van der Waals surface area contributed by atoms with Crippen molar-refractivity contribution in [3.8, 4) is 0 Å². The number of fused-ring (bicyclic) bond motifs is 1. The predicted molar refractivity (Wildman–Crippen MR) is 90.6 cm³/mol. The van der Waals surface area contributed by atoms with Crippen LogP contribution in [-0.4, -0.2) is 11.0 Å². The summed E-state index contributed by atoms with van der Waals surface area (Å²) in [5, 5.41) is 6.04. The van der Waals surface area contributed by atoms with E-state index in [1.54, 1.807) is 0 Å². The molecular weight excluding hydrogens is 258 g/mol. The van der Waals surface area contributed by atoms with E-state index in [0.29, 0.717) is 6.04 Å². The number of nitrogens with two attached hydrogens (primary N) is 1. The van der Waals surface area contributed by atoms with E-state index < -0.39 is 0 Å². The zero-order valence-electron chi connectivity index (χ0n) is 13.0. The second-order valence-corrected chi connectivity index (χ2v) is 6.28. The lowest BCUT2D eigenvalue weighted by Crippen LogP contribution is -2.31. The van der Waals surface area contributed by atoms with E-state index in [-0.39, 0.29) is 0 Å². The third-order valence-corrected chi connectivity index (χ3v) is 4.85. The first-order chi connectivity index (χ1) is 10.2. The average Bonchev–Trinajstić information content (AvgIpc) is 2.50. The fourth-order valence-electron chi connectivity index (χ4n) is 3.58. The molecule has 1 aliphatic carbocycles. The third kappa shape index (κ3) is 2.82. The molecule has 21 heavy (non-hydrogen) atoms. The van der Waals surface area contributed by atoms with Crippen molar-refractivity contribution >= 4 is 22.1 Å². The van der Waals surface area contributed by atoms with Crippen molar-refractivity contribution in [3.05, 3.63) is 30.1 Å². The van der Waals surface area contributed by atoms with Crippen LogP contribution in [0.25, 0.3) is 10.8 Å². The van der Waals surface area contributed by atoms with E-state index in [9.17, 15) is 0 Å². The lowest BCUT2D eigenvalue weighted by atomic mass is 9.82. The van der Waals surface area contributed by atoms with Crippen molar-refractivity contribution in [2.75, 3.05) is 11.1 Å². The molecule has 0 saturated heterocycles. The third-order valence-electron chi connectivity index (χ3n) is 4.85. The summed E-state index contributed by atoms with van der Waals surface area (Å²) in [5.41, 5.74) is 9.14. The molecule has 0 bridgehead atoms. The summed E-state index contributed by atoms with van der Waals surface area (Å²) in [6.07, 6.45) is 8.48. The molecule has 1 aromatic heterocycles. The maximum Gasteiger partial charge on any atom is 0.0424 e. The van der Waals surface area contributed by atoms with Crippen LogP contribution in [0.4, 0.5) is 11.4 Å². The Hall–Kier alpha value is -1.77. The van der Waals surface area contributed by atoms with Gasteiger partial charge >= 0.3 is 0 Å². The number of benzene rings is 1. The van der Waals surface area contributed by atoms with Crippen LogP contribution >= 0.6 is 0 Å². The number of anilines is 2. The molecule has 3 heteroatoms. The first kappa shape index (κ1) is 14.2. The van der Waals surface area contributed by atoms with Gasteiger partial charge in [-0.15, -0.1) is 0 Å². The van der Waals surface area contributed by atoms with Gasteiger partial charge in [-0.3, -0.25) is 4.98 Å². The Morgan fingerprint density at radius 3 is 2.86 bits per heavy atom. The molecule has 2 atom stereocenters. The van der Waals surface area contributed by atoms with Crippen molar-refractivity contribution in [3.63, 3.8) is 0 Å². The van der Waals surface area contributed by atoms with Crippen molar-refractivity contribution in [1.29, 1.82) is 0 Å². The van der Waals surface area contributed by atoms with Gasteiger partial charge in [0.05, 0.1) is 0 Å². The molecule has 2 unspecified atom stereocenters. The molecule has 0 amide bonds. The van der Waals surface area contributed by atoms with E-state index in [0.717, 1.165) is 22.7 Å². The van der Waals surface area contributed by atoms with Gasteiger partial charge in [-0.1, -0.05) is 26.2 Å². The van der Waals surface area contributed by atoms with Crippen molar-refractivity contribution < 1.29 is 0 Å². The quantitative estimate of drug-likeness (QED) is 0.815. The van der Waals surface area contributed by atoms with E-state index >= 15 is 0 Å². The van der Waals surface area contributed by atoms with Gasteiger partial charge in [-0.05, 0) is 43.9 Å². The van der Waals surface area contributed by atoms with Crippen LogP contribution in [0, 0.1) is 12.8 Å². The second-order valence-electron chi connectivity index (χ2n) is 6.28. The van der Waals surface area contributed by atoms with Gasteiger partial charge in [0, 0.05) is 40.1 Å². The molecule has 112 valence electrons. The number of hydrogen-bond acceptors (Lipinski definition) is 3. The number of pyridine rings is 1. The molecule has 0 spiro atoms. The Kier molecular flexibility index (Phi) is 4.00. The first-order valence-corrected chi connectivity index (χ1v) is 8.10. The monoisotopic (exact) mass is 283 g/mol. The first-order valence-electron chi connectivity index (χ1n) is 8.10. The second kappa shape index (κ2) is 5.92. The van der Waals surface area contributed by atoms with Gasteiger partial charge in [0.2, 0.25) is 0 Å². The average molecular weight is 283 g/mol. The highest BCUT2D eigenvalue weighted by Gasteiger charge is 2.23. The SMILES string of the molecule is CCC1CCCCC1Nc1ccc(N)c2cnc(C)cc12. The lowest BCUT2D eigenvalue weighted by molar-refractivity contribution is 0.317. The molecule has 1 heterocycles. The van der Waals surface area contributed by atoms with E-state index in [1.807, 2.05) is 19.2 Å². The standard InChI is InChI=1S/C18H25N3/c1-3-13-6-4-5-7-17(13)21-18-9-8-16(19)15-11-20-12(2)10-14(15)18/h8-11,13,17,21H,3-7,19H2,1-2H3. The molecule has 0 aliphatic heterocycles. The highest BCUT2D eigenvalue weighted by atomic mass is 14.9. The summed E-state index contributed by atoms with van der Waals surface area (Å²) in [4.78, 5) is 4.38. The van der Waals surface area contributed by atoms with Gasteiger partial charge in [0.1, 0.15) is 0 Å². The van der Waals surface area contributed by atoms with E-state index in [4.69, 9.17) is 5.73 Å². The number of hydrogen-bond donors (Lipinski definition) is 2. The minimum Gasteiger partial charge on any atom is -0.398 e. The summed E-state index contributed by atoms with van der Waals surface area (Å²) >= 11 is 0. The van der Waals surface area contributed by atoms with E-state index in [2.05, 4.69) is 29.4 Å². The molecule has 1 fully saturated rings. The number of nitrogens with one attached hydrogen (secondary N) is 1. The molecular formula is C18H25N3. The number of rotatable bonds is 3. The minimum absolute atomic E-state index is 0.587. The summed E-state index contributed by atoms with van der Waals surface area (Å²) < 4.78 is 0. The molecule has 1 aromatic carbocycles. The van der Waals surface area contributed by atoms with Crippen LogP contribution in [-0.2, 0) is 0 Å². The number of aromatic nitrogens is 1. The van der Waals surface area contributed by atoms with Crippen LogP contribution in [0.1, 0.15) is 44.7 Å². The van der Waals surface area contributed by atoms with E-state index in [1.165, 1.54) is 43.2 Å². The molecule has 1 aliphatic rings. The maximum absolute atomic E-state index is 6.09. The minimum atomic E-state index is 0.587. The number of nitrogens with zero attached hydrogens (tertiary/aromatic N) is 1. The highest BCUT2D eigenvalue weighted by Crippen LogP contribution is 2.33. The predicted octanol–water partition coefficient (Wildman–Crippen LogP) is 4.51. The molecule has 2 aromatic rings. The fourth-order valence-corrected chi connectivity index (χ4v) is 3.58. The summed E-state index contributed by atoms with van der Waals surface area (Å²) in [6, 6.07) is 6.84. The lowest BCUT2D eigenvalue weighted by Gasteiger charge is -2.32. The summed E-state index contributed by atoms with van der Waals surface area (Å²) in [7, 11) is 0. The zero-order valence-corrected chi connectivity index (χ0v) is 13.0. The zero-order chi connectivity index (χ0) is 14.8. The smallest absolute Gasteiger partial charge is 0.0424 e. The van der Waals surface area contributed by atoms with Crippen molar-refractivity contribution in [2.24, 2.45) is 5.92 Å². The Morgan fingerprint density at radius 2 is 2.05 bits per heavy atom. The van der Waals surface area contributed by atoms with Crippen LogP contribution in [0.2, 0.25) is 0 Å². The molecule has 3 N–H and O–H groups in total. The molecule has 3 nitrogen and oxygen atoms in total. The Morgan fingerprint density at radius 1 is 1.24 bits per heavy atom. The molecule has 1 saturated carbocycles. The largest absolute Gasteiger partial charge is 0.398 e.